The second-order valence-corrected chi connectivity index (χ2v) is 4.89. The van der Waals surface area contributed by atoms with Crippen LogP contribution in [0, 0.1) is 0 Å². The zero-order valence-electron chi connectivity index (χ0n) is 7.53. The van der Waals surface area contributed by atoms with Gasteiger partial charge in [-0.3, -0.25) is 0 Å². The van der Waals surface area contributed by atoms with Crippen molar-refractivity contribution < 1.29 is 18.9 Å². The van der Waals surface area contributed by atoms with Crippen LogP contribution in [0.2, 0.25) is 0 Å². The summed E-state index contributed by atoms with van der Waals surface area (Å²) in [5.41, 5.74) is 5.76. The van der Waals surface area contributed by atoms with Crippen LogP contribution < -0.4 is 0 Å². The van der Waals surface area contributed by atoms with Gasteiger partial charge in [-0.05, 0) is 0 Å². The Labute approximate surface area is 94.1 Å². The van der Waals surface area contributed by atoms with E-state index in [0.717, 1.165) is 0 Å². The van der Waals surface area contributed by atoms with Gasteiger partial charge in [-0.25, -0.2) is 0 Å². The Balaban J connectivity index is 2.36. The van der Waals surface area contributed by atoms with Crippen LogP contribution in [0.1, 0.15) is 15.6 Å². The van der Waals surface area contributed by atoms with E-state index in [1.165, 1.54) is 22.3 Å². The van der Waals surface area contributed by atoms with Gasteiger partial charge in [0.15, 0.2) is 0 Å². The molecule has 2 aromatic carbocycles. The molecule has 14 heavy (non-hydrogen) atoms. The fourth-order valence-corrected chi connectivity index (χ4v) is 3.28. The Kier molecular flexibility index (Phi) is 1.83. The van der Waals surface area contributed by atoms with E-state index in [4.69, 9.17) is 0 Å². The number of fused-ring (bicyclic) bond motifs is 3. The van der Waals surface area contributed by atoms with Crippen molar-refractivity contribution in [2.75, 3.05) is 0 Å². The van der Waals surface area contributed by atoms with Gasteiger partial charge in [0, 0.05) is 0 Å². The molecule has 0 amide bonds. The molecule has 0 nitrogen and oxygen atoms in total. The summed E-state index contributed by atoms with van der Waals surface area (Å²) in [4.78, 5) is 0. The molecule has 0 heterocycles. The SMILES string of the molecule is [Ir][CH]1c2ccccc2-c2ccccc21. The van der Waals surface area contributed by atoms with Crippen molar-refractivity contribution in [2.45, 2.75) is 4.43 Å². The Hall–Kier alpha value is -0.911. The Bertz CT molecular complexity index is 443. The molecule has 0 unspecified atom stereocenters. The van der Waals surface area contributed by atoms with Gasteiger partial charge in [-0.15, -0.1) is 0 Å². The summed E-state index contributed by atoms with van der Waals surface area (Å²) in [5.74, 6) is 0. The first-order valence-corrected chi connectivity index (χ1v) is 6.06. The molecule has 0 spiro atoms. The number of benzene rings is 2. The quantitative estimate of drug-likeness (QED) is 0.679. The molecule has 0 saturated carbocycles. The summed E-state index contributed by atoms with van der Waals surface area (Å²) in [6.07, 6.45) is 0. The Morgan fingerprint density at radius 1 is 0.714 bits per heavy atom. The van der Waals surface area contributed by atoms with Gasteiger partial charge in [0.1, 0.15) is 0 Å². The first-order valence-electron chi connectivity index (χ1n) is 4.67. The van der Waals surface area contributed by atoms with E-state index in [1.54, 1.807) is 0 Å². The molecule has 0 atom stereocenters. The van der Waals surface area contributed by atoms with Crippen LogP contribution in [0.3, 0.4) is 0 Å². The monoisotopic (exact) mass is 358 g/mol. The molecule has 3 rings (SSSR count). The summed E-state index contributed by atoms with van der Waals surface area (Å²) < 4.78 is 0.558. The van der Waals surface area contributed by atoms with Crippen molar-refractivity contribution in [1.82, 2.24) is 0 Å². The van der Waals surface area contributed by atoms with Crippen LogP contribution in [-0.4, -0.2) is 0 Å². The summed E-state index contributed by atoms with van der Waals surface area (Å²) >= 11 is 2.28. The van der Waals surface area contributed by atoms with Gasteiger partial charge in [0.2, 0.25) is 0 Å². The molecule has 0 N–H and O–H groups in total. The van der Waals surface area contributed by atoms with Crippen LogP contribution in [0.25, 0.3) is 11.1 Å². The van der Waals surface area contributed by atoms with Gasteiger partial charge in [-0.2, -0.15) is 0 Å². The zero-order valence-corrected chi connectivity index (χ0v) is 9.92. The van der Waals surface area contributed by atoms with E-state index in [-0.39, 0.29) is 0 Å². The van der Waals surface area contributed by atoms with Gasteiger partial charge in [0.25, 0.3) is 0 Å². The molecular weight excluding hydrogens is 348 g/mol. The molecule has 1 aliphatic carbocycles. The molecule has 1 heteroatoms. The van der Waals surface area contributed by atoms with E-state index >= 15 is 0 Å². The third kappa shape index (κ3) is 1.03. The average molecular weight is 357 g/mol. The van der Waals surface area contributed by atoms with Crippen LogP contribution in [0.15, 0.2) is 48.5 Å². The minimum atomic E-state index is 0.558. The summed E-state index contributed by atoms with van der Waals surface area (Å²) in [6, 6.07) is 17.4. The molecule has 70 valence electrons. The molecule has 0 radical (unpaired) electrons. The van der Waals surface area contributed by atoms with Crippen molar-refractivity contribution >= 4 is 0 Å². The molecular formula is C13H9Ir. The molecule has 0 bridgehead atoms. The van der Waals surface area contributed by atoms with Crippen molar-refractivity contribution in [3.63, 3.8) is 0 Å². The van der Waals surface area contributed by atoms with Gasteiger partial charge < -0.3 is 0 Å². The first-order chi connectivity index (χ1) is 6.88. The molecule has 0 aliphatic heterocycles. The minimum absolute atomic E-state index is 0.558. The van der Waals surface area contributed by atoms with Gasteiger partial charge >= 0.3 is 94.1 Å². The van der Waals surface area contributed by atoms with Crippen molar-refractivity contribution in [3.05, 3.63) is 59.7 Å². The van der Waals surface area contributed by atoms with Crippen molar-refractivity contribution in [3.8, 4) is 11.1 Å². The van der Waals surface area contributed by atoms with Crippen LogP contribution in [0.4, 0.5) is 0 Å². The fraction of sp³-hybridized carbons (Fsp3) is 0.0769. The number of hydrogen-bond donors (Lipinski definition) is 0. The van der Waals surface area contributed by atoms with Gasteiger partial charge in [0.05, 0.1) is 0 Å². The molecule has 1 aliphatic rings. The predicted molar refractivity (Wildman–Crippen MR) is 53.7 cm³/mol. The number of rotatable bonds is 0. The molecule has 2 aromatic rings. The Morgan fingerprint density at radius 3 is 1.64 bits per heavy atom. The standard InChI is InChI=1S/C13H9.Ir/c1-3-7-12-10(5-1)9-11-6-2-4-8-13(11)12;/h1-9H;. The Morgan fingerprint density at radius 2 is 1.14 bits per heavy atom. The second-order valence-electron chi connectivity index (χ2n) is 3.51. The van der Waals surface area contributed by atoms with E-state index < -0.39 is 0 Å². The average Bonchev–Trinajstić information content (AvgIpc) is 2.55. The van der Waals surface area contributed by atoms with Crippen molar-refractivity contribution in [1.29, 1.82) is 0 Å². The maximum atomic E-state index is 2.28. The third-order valence-corrected chi connectivity index (χ3v) is 4.22. The summed E-state index contributed by atoms with van der Waals surface area (Å²) in [5, 5.41) is 0. The van der Waals surface area contributed by atoms with E-state index in [1.807, 2.05) is 0 Å². The predicted octanol–water partition coefficient (Wildman–Crippen LogP) is 3.30. The molecule has 0 saturated heterocycles. The summed E-state index contributed by atoms with van der Waals surface area (Å²) in [6.45, 7) is 0. The van der Waals surface area contributed by atoms with E-state index in [0.29, 0.717) is 4.43 Å². The first kappa shape index (κ1) is 8.40. The molecule has 0 aromatic heterocycles. The third-order valence-electron chi connectivity index (χ3n) is 2.73. The van der Waals surface area contributed by atoms with E-state index in [9.17, 15) is 0 Å². The van der Waals surface area contributed by atoms with Crippen LogP contribution in [0.5, 0.6) is 0 Å². The van der Waals surface area contributed by atoms with Crippen LogP contribution >= 0.6 is 0 Å². The molecule has 0 fully saturated rings. The van der Waals surface area contributed by atoms with Crippen molar-refractivity contribution in [2.24, 2.45) is 0 Å². The summed E-state index contributed by atoms with van der Waals surface area (Å²) in [7, 11) is 0. The fourth-order valence-electron chi connectivity index (χ4n) is 2.07. The zero-order chi connectivity index (χ0) is 9.54. The second kappa shape index (κ2) is 3.05. The van der Waals surface area contributed by atoms with E-state index in [2.05, 4.69) is 67.4 Å². The normalized spacial score (nSPS) is 13.9. The van der Waals surface area contributed by atoms with Gasteiger partial charge in [-0.1, -0.05) is 0 Å². The number of hydrogen-bond acceptors (Lipinski definition) is 0. The van der Waals surface area contributed by atoms with Crippen LogP contribution in [-0.2, 0) is 18.9 Å². The maximum absolute atomic E-state index is 2.28. The topological polar surface area (TPSA) is 0 Å².